The predicted octanol–water partition coefficient (Wildman–Crippen LogP) is 2.64. The van der Waals surface area contributed by atoms with E-state index in [2.05, 4.69) is 10.6 Å². The van der Waals surface area contributed by atoms with E-state index in [0.717, 1.165) is 22.6 Å². The molecule has 29 heavy (non-hydrogen) atoms. The van der Waals surface area contributed by atoms with Gasteiger partial charge in [0.2, 0.25) is 11.8 Å². The maximum absolute atomic E-state index is 12.8. The Labute approximate surface area is 178 Å². The van der Waals surface area contributed by atoms with E-state index in [-0.39, 0.29) is 28.2 Å². The lowest BCUT2D eigenvalue weighted by atomic mass is 9.97. The first kappa shape index (κ1) is 21.4. The monoisotopic (exact) mass is 440 g/mol. The molecule has 3 rings (SSSR count). The number of amides is 5. The Kier molecular flexibility index (Phi) is 6.05. The fourth-order valence-corrected chi connectivity index (χ4v) is 4.32. The smallest absolute Gasteiger partial charge is 0.325 e. The summed E-state index contributed by atoms with van der Waals surface area (Å²) in [5.74, 6) is -1.40. The van der Waals surface area contributed by atoms with E-state index in [1.54, 1.807) is 18.2 Å². The Morgan fingerprint density at radius 3 is 2.41 bits per heavy atom. The van der Waals surface area contributed by atoms with Gasteiger partial charge in [-0.25, -0.2) is 9.69 Å². The highest BCUT2D eigenvalue weighted by molar-refractivity contribution is 6.39. The van der Waals surface area contributed by atoms with Crippen molar-refractivity contribution in [2.75, 3.05) is 18.9 Å². The first-order valence-electron chi connectivity index (χ1n) is 9.31. The molecule has 0 bridgehead atoms. The molecule has 1 atom stereocenters. The number of imide groups is 1. The van der Waals surface area contributed by atoms with Crippen LogP contribution < -0.4 is 10.6 Å². The fourth-order valence-electron chi connectivity index (χ4n) is 3.83. The molecule has 1 aliphatic heterocycles. The van der Waals surface area contributed by atoms with Gasteiger partial charge in [0.15, 0.2) is 0 Å². The summed E-state index contributed by atoms with van der Waals surface area (Å²) in [6, 6.07) is 3.21. The molecule has 2 N–H and O–H groups in total. The van der Waals surface area contributed by atoms with Crippen LogP contribution in [-0.2, 0) is 14.4 Å². The minimum absolute atomic E-state index is 0.256. The zero-order valence-electron chi connectivity index (χ0n) is 16.1. The molecule has 1 aromatic carbocycles. The van der Waals surface area contributed by atoms with Gasteiger partial charge < -0.3 is 15.5 Å². The molecule has 5 amide bonds. The summed E-state index contributed by atoms with van der Waals surface area (Å²) in [7, 11) is 1.43. The average molecular weight is 441 g/mol. The summed E-state index contributed by atoms with van der Waals surface area (Å²) < 4.78 is 0. The van der Waals surface area contributed by atoms with Crippen molar-refractivity contribution in [3.63, 3.8) is 0 Å². The van der Waals surface area contributed by atoms with Crippen LogP contribution in [0.4, 0.5) is 10.5 Å². The Hall–Kier alpha value is -2.32. The summed E-state index contributed by atoms with van der Waals surface area (Å²) in [4.78, 5) is 52.4. The van der Waals surface area contributed by atoms with Crippen molar-refractivity contribution < 1.29 is 19.2 Å². The van der Waals surface area contributed by atoms with Crippen molar-refractivity contribution in [1.82, 2.24) is 15.1 Å². The number of hydrogen-bond donors (Lipinski definition) is 2. The number of benzene rings is 1. The number of carbonyl (C=O) groups is 4. The van der Waals surface area contributed by atoms with Crippen LogP contribution in [0.3, 0.4) is 0 Å². The summed E-state index contributed by atoms with van der Waals surface area (Å²) in [5.41, 5.74) is -0.630. The zero-order chi connectivity index (χ0) is 21.3. The highest BCUT2D eigenvalue weighted by Crippen LogP contribution is 2.36. The van der Waals surface area contributed by atoms with Crippen molar-refractivity contribution in [3.8, 4) is 0 Å². The topological polar surface area (TPSA) is 98.8 Å². The van der Waals surface area contributed by atoms with Gasteiger partial charge in [0.05, 0.1) is 22.3 Å². The zero-order valence-corrected chi connectivity index (χ0v) is 17.6. The van der Waals surface area contributed by atoms with Crippen molar-refractivity contribution in [2.45, 2.75) is 44.2 Å². The molecule has 1 saturated carbocycles. The summed E-state index contributed by atoms with van der Waals surface area (Å²) >= 11 is 12.1. The Morgan fingerprint density at radius 2 is 1.83 bits per heavy atom. The third-order valence-corrected chi connectivity index (χ3v) is 6.01. The molecule has 1 unspecified atom stereocenters. The molecule has 10 heteroatoms. The Balaban J connectivity index is 1.64. The number of carbonyl (C=O) groups excluding carboxylic acids is 4. The maximum Gasteiger partial charge on any atom is 0.325 e. The number of rotatable bonds is 5. The van der Waals surface area contributed by atoms with Crippen LogP contribution in [0.5, 0.6) is 0 Å². The van der Waals surface area contributed by atoms with Gasteiger partial charge in [-0.05, 0) is 31.9 Å². The molecule has 1 aromatic rings. The first-order valence-corrected chi connectivity index (χ1v) is 10.1. The molecular formula is C19H22Cl2N4O4. The molecule has 2 aliphatic rings. The van der Waals surface area contributed by atoms with Gasteiger partial charge in [0.25, 0.3) is 5.91 Å². The number of urea groups is 1. The second-order valence-electron chi connectivity index (χ2n) is 7.41. The van der Waals surface area contributed by atoms with Crippen LogP contribution in [0.1, 0.15) is 32.6 Å². The van der Waals surface area contributed by atoms with Gasteiger partial charge in [0.1, 0.15) is 11.6 Å². The SMILES string of the molecule is CC(C(=O)N(C)CC(=O)Nc1c(Cl)cccc1Cl)N1C(=O)NC2(CCCC2)C1=O. The van der Waals surface area contributed by atoms with E-state index < -0.39 is 29.4 Å². The van der Waals surface area contributed by atoms with E-state index in [4.69, 9.17) is 23.2 Å². The van der Waals surface area contributed by atoms with Crippen molar-refractivity contribution >= 4 is 52.6 Å². The second-order valence-corrected chi connectivity index (χ2v) is 8.22. The van der Waals surface area contributed by atoms with E-state index in [9.17, 15) is 19.2 Å². The van der Waals surface area contributed by atoms with E-state index in [1.807, 2.05) is 0 Å². The Bertz CT molecular complexity index is 850. The van der Waals surface area contributed by atoms with Gasteiger partial charge in [-0.3, -0.25) is 14.4 Å². The fraction of sp³-hybridized carbons (Fsp3) is 0.474. The Morgan fingerprint density at radius 1 is 1.24 bits per heavy atom. The lowest BCUT2D eigenvalue weighted by molar-refractivity contribution is -0.142. The van der Waals surface area contributed by atoms with Crippen molar-refractivity contribution in [3.05, 3.63) is 28.2 Å². The summed E-state index contributed by atoms with van der Waals surface area (Å²) in [6.45, 7) is 1.19. The number of halogens is 2. The van der Waals surface area contributed by atoms with Gasteiger partial charge in [0, 0.05) is 7.05 Å². The van der Waals surface area contributed by atoms with E-state index in [1.165, 1.54) is 14.0 Å². The number of hydrogen-bond acceptors (Lipinski definition) is 4. The lowest BCUT2D eigenvalue weighted by Gasteiger charge is -2.27. The van der Waals surface area contributed by atoms with Gasteiger partial charge in [-0.1, -0.05) is 42.1 Å². The molecule has 8 nitrogen and oxygen atoms in total. The van der Waals surface area contributed by atoms with Crippen LogP contribution in [0.2, 0.25) is 10.0 Å². The van der Waals surface area contributed by atoms with Gasteiger partial charge in [-0.15, -0.1) is 0 Å². The average Bonchev–Trinajstić information content (AvgIpc) is 3.22. The minimum atomic E-state index is -1.02. The maximum atomic E-state index is 12.8. The van der Waals surface area contributed by atoms with Crippen molar-refractivity contribution in [2.24, 2.45) is 0 Å². The first-order chi connectivity index (χ1) is 13.7. The van der Waals surface area contributed by atoms with E-state index >= 15 is 0 Å². The third-order valence-electron chi connectivity index (χ3n) is 5.38. The molecule has 0 radical (unpaired) electrons. The molecule has 1 heterocycles. The van der Waals surface area contributed by atoms with Crippen LogP contribution in [-0.4, -0.2) is 58.7 Å². The molecule has 2 fully saturated rings. The normalized spacial score (nSPS) is 18.7. The molecular weight excluding hydrogens is 419 g/mol. The third kappa shape index (κ3) is 4.04. The molecule has 156 valence electrons. The summed E-state index contributed by atoms with van der Waals surface area (Å²) in [6.07, 6.45) is 2.86. The van der Waals surface area contributed by atoms with Crippen LogP contribution in [0.15, 0.2) is 18.2 Å². The van der Waals surface area contributed by atoms with Crippen LogP contribution >= 0.6 is 23.2 Å². The summed E-state index contributed by atoms with van der Waals surface area (Å²) in [5, 5.41) is 5.87. The minimum Gasteiger partial charge on any atom is -0.335 e. The van der Waals surface area contributed by atoms with E-state index in [0.29, 0.717) is 12.8 Å². The van der Waals surface area contributed by atoms with Crippen LogP contribution in [0.25, 0.3) is 0 Å². The number of likely N-dealkylation sites (N-methyl/N-ethyl adjacent to an activating group) is 1. The molecule has 0 aromatic heterocycles. The lowest BCUT2D eigenvalue weighted by Crippen LogP contribution is -2.51. The highest BCUT2D eigenvalue weighted by Gasteiger charge is 2.54. The molecule has 1 spiro atoms. The quantitative estimate of drug-likeness (QED) is 0.687. The standard InChI is InChI=1S/C19H22Cl2N4O4/c1-11(25-17(28)19(23-18(25)29)8-3-4-9-19)16(27)24(2)10-14(26)22-15-12(20)6-5-7-13(15)21/h5-7,11H,3-4,8-10H2,1-2H3,(H,22,26)(H,23,29). The number of nitrogens with one attached hydrogen (secondary N) is 2. The highest BCUT2D eigenvalue weighted by atomic mass is 35.5. The number of nitrogens with zero attached hydrogens (tertiary/aromatic N) is 2. The predicted molar refractivity (Wildman–Crippen MR) is 109 cm³/mol. The number of para-hydroxylation sites is 1. The van der Waals surface area contributed by atoms with Crippen LogP contribution in [0, 0.1) is 0 Å². The number of anilines is 1. The second kappa shape index (κ2) is 8.20. The largest absolute Gasteiger partial charge is 0.335 e. The molecule has 1 saturated heterocycles. The molecule has 1 aliphatic carbocycles. The van der Waals surface area contributed by atoms with Crippen molar-refractivity contribution in [1.29, 1.82) is 0 Å². The van der Waals surface area contributed by atoms with Gasteiger partial charge in [-0.2, -0.15) is 0 Å². The van der Waals surface area contributed by atoms with Gasteiger partial charge >= 0.3 is 6.03 Å².